The zero-order valence-electron chi connectivity index (χ0n) is 18.5. The molecule has 0 spiro atoms. The van der Waals surface area contributed by atoms with E-state index in [0.29, 0.717) is 17.8 Å². The van der Waals surface area contributed by atoms with Crippen molar-refractivity contribution in [3.8, 4) is 0 Å². The van der Waals surface area contributed by atoms with Gasteiger partial charge in [-0.3, -0.25) is 9.59 Å². The van der Waals surface area contributed by atoms with Crippen molar-refractivity contribution in [1.82, 2.24) is 10.3 Å². The van der Waals surface area contributed by atoms with E-state index < -0.39 is 5.92 Å². The Morgan fingerprint density at radius 2 is 1.91 bits per heavy atom. The van der Waals surface area contributed by atoms with Crippen LogP contribution in [0.4, 0.5) is 5.82 Å². The van der Waals surface area contributed by atoms with Gasteiger partial charge in [0.15, 0.2) is 0 Å². The van der Waals surface area contributed by atoms with Crippen molar-refractivity contribution in [1.29, 1.82) is 0 Å². The summed E-state index contributed by atoms with van der Waals surface area (Å²) >= 11 is 5.03. The van der Waals surface area contributed by atoms with Crippen molar-refractivity contribution >= 4 is 45.2 Å². The first-order valence-electron chi connectivity index (χ1n) is 10.5. The number of benzene rings is 1. The molecule has 2 heterocycles. The number of ketones is 1. The number of aromatic nitrogens is 1. The van der Waals surface area contributed by atoms with E-state index in [2.05, 4.69) is 51.5 Å². The summed E-state index contributed by atoms with van der Waals surface area (Å²) in [6.45, 7) is 6.04. The summed E-state index contributed by atoms with van der Waals surface area (Å²) in [6, 6.07) is 11.7. The van der Waals surface area contributed by atoms with Gasteiger partial charge in [0.05, 0.1) is 5.92 Å². The van der Waals surface area contributed by atoms with Crippen LogP contribution in [0.3, 0.4) is 0 Å². The highest BCUT2D eigenvalue weighted by atomic mass is 79.9. The lowest BCUT2D eigenvalue weighted by atomic mass is 9.66. The molecule has 2 unspecified atom stereocenters. The smallest absolute Gasteiger partial charge is 0.255 e. The molecule has 166 valence electrons. The molecule has 0 radical (unpaired) electrons. The summed E-state index contributed by atoms with van der Waals surface area (Å²) in [5.74, 6) is -0.408. The Hall–Kier alpha value is -2.38. The molecule has 0 saturated heterocycles. The first kappa shape index (κ1) is 22.8. The fourth-order valence-electron chi connectivity index (χ4n) is 4.57. The van der Waals surface area contributed by atoms with Crippen molar-refractivity contribution in [2.45, 2.75) is 38.0 Å². The number of nitrogens with zero attached hydrogens (tertiary/aromatic N) is 1. The molecular formula is C25H26BrN3O2S. The summed E-state index contributed by atoms with van der Waals surface area (Å²) in [4.78, 5) is 32.3. The maximum atomic E-state index is 13.5. The molecule has 2 atom stereocenters. The zero-order valence-corrected chi connectivity index (χ0v) is 20.9. The second-order valence-electron chi connectivity index (χ2n) is 8.94. The molecule has 2 aromatic rings. The monoisotopic (exact) mass is 511 g/mol. The van der Waals surface area contributed by atoms with Crippen molar-refractivity contribution in [3.63, 3.8) is 0 Å². The van der Waals surface area contributed by atoms with Crippen LogP contribution in [0.25, 0.3) is 0 Å². The lowest BCUT2D eigenvalue weighted by Crippen LogP contribution is -2.44. The normalized spacial score (nSPS) is 22.0. The van der Waals surface area contributed by atoms with Gasteiger partial charge in [-0.2, -0.15) is 0 Å². The molecule has 0 saturated carbocycles. The van der Waals surface area contributed by atoms with Crippen LogP contribution in [0.1, 0.15) is 38.7 Å². The van der Waals surface area contributed by atoms with Crippen molar-refractivity contribution < 1.29 is 9.59 Å². The Morgan fingerprint density at radius 3 is 2.53 bits per heavy atom. The predicted octanol–water partition coefficient (Wildman–Crippen LogP) is 5.66. The van der Waals surface area contributed by atoms with Crippen molar-refractivity contribution in [2.75, 3.05) is 11.6 Å². The standard InChI is InChI=1S/C25H26BrN3O2S/c1-14-21(24(31)29-20-10-7-16(26)13-27-20)22(15-5-8-17(32-4)9-6-15)23-18(28-14)11-25(2,3)12-19(23)30/h5-11,13,22-23,28H,12H2,1-4H3,(H,27,29,31). The van der Waals surface area contributed by atoms with Crippen LogP contribution in [0, 0.1) is 11.3 Å². The van der Waals surface area contributed by atoms with Crippen LogP contribution in [-0.4, -0.2) is 22.9 Å². The van der Waals surface area contributed by atoms with Crippen molar-refractivity contribution in [2.24, 2.45) is 11.3 Å². The van der Waals surface area contributed by atoms with Crippen LogP contribution in [0.5, 0.6) is 0 Å². The Bertz CT molecular complexity index is 1120. The van der Waals surface area contributed by atoms with E-state index in [1.54, 1.807) is 24.0 Å². The van der Waals surface area contributed by atoms with Gasteiger partial charge in [-0.25, -0.2) is 4.98 Å². The Kier molecular flexibility index (Phi) is 6.32. The minimum atomic E-state index is -0.412. The number of thioether (sulfide) groups is 1. The third-order valence-electron chi connectivity index (χ3n) is 5.93. The molecule has 32 heavy (non-hydrogen) atoms. The predicted molar refractivity (Wildman–Crippen MR) is 132 cm³/mol. The lowest BCUT2D eigenvalue weighted by molar-refractivity contribution is -0.124. The largest absolute Gasteiger partial charge is 0.362 e. The van der Waals surface area contributed by atoms with Crippen LogP contribution < -0.4 is 10.6 Å². The van der Waals surface area contributed by atoms with Crippen LogP contribution in [-0.2, 0) is 9.59 Å². The first-order chi connectivity index (χ1) is 15.2. The van der Waals surface area contributed by atoms with Gasteiger partial charge in [0.1, 0.15) is 11.6 Å². The number of amides is 1. The van der Waals surface area contributed by atoms with Gasteiger partial charge < -0.3 is 10.6 Å². The molecule has 5 nitrogen and oxygen atoms in total. The maximum absolute atomic E-state index is 13.5. The molecule has 4 rings (SSSR count). The Labute approximate surface area is 201 Å². The summed E-state index contributed by atoms with van der Waals surface area (Å²) in [7, 11) is 0. The van der Waals surface area contributed by atoms with E-state index in [9.17, 15) is 9.59 Å². The third-order valence-corrected chi connectivity index (χ3v) is 7.14. The first-order valence-corrected chi connectivity index (χ1v) is 12.5. The molecule has 0 bridgehead atoms. The number of nitrogens with one attached hydrogen (secondary N) is 2. The minimum absolute atomic E-state index is 0.151. The topological polar surface area (TPSA) is 71.1 Å². The summed E-state index contributed by atoms with van der Waals surface area (Å²) in [5, 5.41) is 6.29. The number of allylic oxidation sites excluding steroid dienone is 3. The number of Topliss-reactive ketones (excluding diaryl/α,β-unsaturated/α-hetero) is 1. The highest BCUT2D eigenvalue weighted by Crippen LogP contribution is 2.47. The van der Waals surface area contributed by atoms with E-state index >= 15 is 0 Å². The quantitative estimate of drug-likeness (QED) is 0.517. The van der Waals surface area contributed by atoms with Crippen LogP contribution in [0.2, 0.25) is 0 Å². The molecule has 1 aromatic carbocycles. The number of halogens is 1. The highest BCUT2D eigenvalue weighted by Gasteiger charge is 2.45. The molecule has 1 aliphatic heterocycles. The van der Waals surface area contributed by atoms with E-state index in [1.807, 2.05) is 43.5 Å². The molecular weight excluding hydrogens is 486 g/mol. The maximum Gasteiger partial charge on any atom is 0.255 e. The SMILES string of the molecule is CSc1ccc(C2C(C(=O)Nc3ccc(Br)cn3)=C(C)NC3=CC(C)(C)CC(=O)C32)cc1. The van der Waals surface area contributed by atoms with Crippen LogP contribution in [0.15, 0.2) is 75.0 Å². The molecule has 7 heteroatoms. The minimum Gasteiger partial charge on any atom is -0.362 e. The summed E-state index contributed by atoms with van der Waals surface area (Å²) < 4.78 is 0.835. The van der Waals surface area contributed by atoms with E-state index in [0.717, 1.165) is 26.3 Å². The van der Waals surface area contributed by atoms with E-state index in [1.165, 1.54) is 0 Å². The van der Waals surface area contributed by atoms with Crippen LogP contribution >= 0.6 is 27.7 Å². The molecule has 1 aliphatic carbocycles. The number of carbonyl (C=O) groups excluding carboxylic acids is 2. The van der Waals surface area contributed by atoms with Gasteiger partial charge in [-0.15, -0.1) is 11.8 Å². The number of hydrogen-bond donors (Lipinski definition) is 2. The second kappa shape index (κ2) is 8.87. The Morgan fingerprint density at radius 1 is 1.19 bits per heavy atom. The van der Waals surface area contributed by atoms with Gasteiger partial charge >= 0.3 is 0 Å². The fourth-order valence-corrected chi connectivity index (χ4v) is 5.22. The van der Waals surface area contributed by atoms with Gasteiger partial charge in [-0.05, 0) is 64.4 Å². The summed E-state index contributed by atoms with van der Waals surface area (Å²) in [6.07, 6.45) is 6.27. The number of rotatable bonds is 4. The van der Waals surface area contributed by atoms with Gasteiger partial charge in [-0.1, -0.05) is 32.1 Å². The highest BCUT2D eigenvalue weighted by molar-refractivity contribution is 9.10. The average Bonchev–Trinajstić information content (AvgIpc) is 2.73. The third kappa shape index (κ3) is 4.55. The number of carbonyl (C=O) groups is 2. The number of anilines is 1. The number of hydrogen-bond acceptors (Lipinski definition) is 5. The lowest BCUT2D eigenvalue weighted by Gasteiger charge is -2.41. The van der Waals surface area contributed by atoms with Gasteiger partial charge in [0.25, 0.3) is 5.91 Å². The van der Waals surface area contributed by atoms with Gasteiger partial charge in [0.2, 0.25) is 0 Å². The van der Waals surface area contributed by atoms with E-state index in [4.69, 9.17) is 0 Å². The number of fused-ring (bicyclic) bond motifs is 1. The fraction of sp³-hybridized carbons (Fsp3) is 0.320. The molecule has 1 amide bonds. The van der Waals surface area contributed by atoms with E-state index in [-0.39, 0.29) is 23.0 Å². The molecule has 2 aliphatic rings. The average molecular weight is 512 g/mol. The molecule has 0 fully saturated rings. The molecule has 1 aromatic heterocycles. The summed E-state index contributed by atoms with van der Waals surface area (Å²) in [5.41, 5.74) is 2.96. The Balaban J connectivity index is 1.80. The van der Waals surface area contributed by atoms with Gasteiger partial charge in [0, 0.05) is 44.9 Å². The van der Waals surface area contributed by atoms with Crippen molar-refractivity contribution in [3.05, 3.63) is 75.7 Å². The second-order valence-corrected chi connectivity index (χ2v) is 10.7. The zero-order chi connectivity index (χ0) is 23.0. The number of pyridine rings is 1. The molecule has 2 N–H and O–H groups in total.